The summed E-state index contributed by atoms with van der Waals surface area (Å²) < 4.78 is 1.40. The number of aliphatic carboxylic acids is 1. The molecule has 0 radical (unpaired) electrons. The molecule has 112 valence electrons. The summed E-state index contributed by atoms with van der Waals surface area (Å²) in [5.41, 5.74) is -0.842. The second kappa shape index (κ2) is 4.99. The summed E-state index contributed by atoms with van der Waals surface area (Å²) in [7, 11) is 0. The van der Waals surface area contributed by atoms with E-state index in [1.54, 1.807) is 11.6 Å². The van der Waals surface area contributed by atoms with Crippen LogP contribution in [0.2, 0.25) is 0 Å². The highest BCUT2D eigenvalue weighted by molar-refractivity contribution is 7.15. The molecular weight excluding hydrogens is 296 g/mol. The number of rotatable bonds is 5. The number of carbonyl (C=O) groups is 1. The summed E-state index contributed by atoms with van der Waals surface area (Å²) in [4.78, 5) is 26.9. The molecule has 0 unspecified atom stereocenters. The maximum absolute atomic E-state index is 11.5. The van der Waals surface area contributed by atoms with E-state index in [-0.39, 0.29) is 18.2 Å². The molecule has 0 bridgehead atoms. The summed E-state index contributed by atoms with van der Waals surface area (Å²) in [6.07, 6.45) is 4.50. The molecule has 1 fully saturated rings. The first-order valence-corrected chi connectivity index (χ1v) is 7.49. The highest BCUT2D eigenvalue weighted by Gasteiger charge is 2.41. The highest BCUT2D eigenvalue weighted by atomic mass is 32.1. The van der Waals surface area contributed by atoms with Crippen molar-refractivity contribution in [3.8, 4) is 0 Å². The Balaban J connectivity index is 1.88. The van der Waals surface area contributed by atoms with Gasteiger partial charge in [0.05, 0.1) is 5.41 Å². The number of nitrogens with one attached hydrogen (secondary N) is 1. The second-order valence-corrected chi connectivity index (χ2v) is 6.12. The molecule has 2 N–H and O–H groups in total. The van der Waals surface area contributed by atoms with Gasteiger partial charge in [-0.25, -0.2) is 0 Å². The fourth-order valence-corrected chi connectivity index (χ4v) is 3.55. The van der Waals surface area contributed by atoms with Crippen LogP contribution in [0.5, 0.6) is 0 Å². The number of fused-ring (bicyclic) bond motifs is 1. The summed E-state index contributed by atoms with van der Waals surface area (Å²) in [6.45, 7) is 0.161. The van der Waals surface area contributed by atoms with Crippen LogP contribution in [0.25, 0.3) is 4.96 Å². The molecule has 1 saturated carbocycles. The number of nitro groups is 1. The number of nitrogens with zero attached hydrogens (tertiary/aromatic N) is 3. The minimum atomic E-state index is -0.851. The van der Waals surface area contributed by atoms with Crippen molar-refractivity contribution >= 4 is 33.9 Å². The zero-order valence-electron chi connectivity index (χ0n) is 11.1. The van der Waals surface area contributed by atoms with E-state index >= 15 is 0 Å². The Kier molecular flexibility index (Phi) is 3.28. The van der Waals surface area contributed by atoms with Crippen molar-refractivity contribution in [2.45, 2.75) is 25.7 Å². The number of hydrogen-bond donors (Lipinski definition) is 2. The van der Waals surface area contributed by atoms with Gasteiger partial charge in [0.25, 0.3) is 4.96 Å². The maximum Gasteiger partial charge on any atom is 0.372 e. The summed E-state index contributed by atoms with van der Waals surface area (Å²) in [6, 6.07) is 0. The van der Waals surface area contributed by atoms with Crippen LogP contribution < -0.4 is 5.32 Å². The Morgan fingerprint density at radius 1 is 1.57 bits per heavy atom. The van der Waals surface area contributed by atoms with E-state index in [4.69, 9.17) is 0 Å². The third-order valence-electron chi connectivity index (χ3n) is 4.02. The lowest BCUT2D eigenvalue weighted by Gasteiger charge is -2.23. The molecule has 21 heavy (non-hydrogen) atoms. The van der Waals surface area contributed by atoms with Crippen LogP contribution in [0, 0.1) is 15.5 Å². The number of hydrogen-bond acceptors (Lipinski definition) is 6. The first kappa shape index (κ1) is 13.8. The number of anilines is 1. The first-order valence-electron chi connectivity index (χ1n) is 6.61. The van der Waals surface area contributed by atoms with Crippen LogP contribution in [0.4, 0.5) is 11.6 Å². The van der Waals surface area contributed by atoms with Crippen molar-refractivity contribution in [3.63, 3.8) is 0 Å². The molecule has 2 aromatic heterocycles. The lowest BCUT2D eigenvalue weighted by Crippen LogP contribution is -2.35. The van der Waals surface area contributed by atoms with Crippen molar-refractivity contribution in [3.05, 3.63) is 21.7 Å². The van der Waals surface area contributed by atoms with Gasteiger partial charge in [-0.3, -0.25) is 4.79 Å². The van der Waals surface area contributed by atoms with Gasteiger partial charge >= 0.3 is 11.8 Å². The van der Waals surface area contributed by atoms with Crippen LogP contribution in [-0.2, 0) is 4.79 Å². The predicted octanol–water partition coefficient (Wildman–Crippen LogP) is 2.36. The number of carboxylic acids is 1. The van der Waals surface area contributed by atoms with E-state index in [9.17, 15) is 20.0 Å². The van der Waals surface area contributed by atoms with Crippen molar-refractivity contribution < 1.29 is 14.8 Å². The zero-order valence-corrected chi connectivity index (χ0v) is 11.9. The molecule has 3 rings (SSSR count). The van der Waals surface area contributed by atoms with Gasteiger partial charge in [-0.1, -0.05) is 24.2 Å². The van der Waals surface area contributed by atoms with Gasteiger partial charge in [-0.15, -0.1) is 0 Å². The summed E-state index contributed by atoms with van der Waals surface area (Å²) in [5, 5.41) is 25.2. The molecule has 0 amide bonds. The van der Waals surface area contributed by atoms with Crippen LogP contribution in [0.15, 0.2) is 11.6 Å². The molecule has 1 aliphatic rings. The van der Waals surface area contributed by atoms with Crippen molar-refractivity contribution in [2.75, 3.05) is 11.9 Å². The molecule has 0 aliphatic heterocycles. The van der Waals surface area contributed by atoms with E-state index in [2.05, 4.69) is 10.3 Å². The van der Waals surface area contributed by atoms with Crippen LogP contribution in [0.1, 0.15) is 25.7 Å². The molecule has 8 nitrogen and oxygen atoms in total. The Labute approximate surface area is 123 Å². The third-order valence-corrected chi connectivity index (χ3v) is 4.77. The third kappa shape index (κ3) is 2.23. The molecule has 0 atom stereocenters. The fraction of sp³-hybridized carbons (Fsp3) is 0.500. The molecule has 2 heterocycles. The average molecular weight is 310 g/mol. The minimum Gasteiger partial charge on any atom is -0.481 e. The maximum atomic E-state index is 11.5. The largest absolute Gasteiger partial charge is 0.481 e. The quantitative estimate of drug-likeness (QED) is 0.648. The van der Waals surface area contributed by atoms with Gasteiger partial charge in [0.1, 0.15) is 6.20 Å². The van der Waals surface area contributed by atoms with Crippen LogP contribution in [0.3, 0.4) is 0 Å². The Morgan fingerprint density at radius 2 is 2.29 bits per heavy atom. The predicted molar refractivity (Wildman–Crippen MR) is 76.7 cm³/mol. The Bertz CT molecular complexity index is 701. The average Bonchev–Trinajstić information content (AvgIpc) is 3.11. The molecule has 9 heteroatoms. The molecule has 0 aromatic carbocycles. The van der Waals surface area contributed by atoms with E-state index in [1.165, 1.54) is 15.7 Å². The molecule has 0 saturated heterocycles. The lowest BCUT2D eigenvalue weighted by atomic mass is 9.86. The van der Waals surface area contributed by atoms with E-state index in [1.807, 2.05) is 0 Å². The molecular formula is C12H14N4O4S. The van der Waals surface area contributed by atoms with Gasteiger partial charge in [0.2, 0.25) is 5.82 Å². The van der Waals surface area contributed by atoms with Gasteiger partial charge in [-0.05, 0) is 17.8 Å². The van der Waals surface area contributed by atoms with Crippen LogP contribution >= 0.6 is 11.3 Å². The van der Waals surface area contributed by atoms with E-state index in [0.717, 1.165) is 12.8 Å². The standard InChI is InChI=1S/C12H14N4O4S/c17-10(18)12(3-1-2-4-12)7-13-8-9(16(19)20)15-5-6-21-11(15)14-8/h5-6,13H,1-4,7H2,(H,17,18). The SMILES string of the molecule is O=C(O)C1(CNc2nc3sccn3c2[N+](=O)[O-])CCCC1. The number of aromatic nitrogens is 2. The number of thiazole rings is 1. The van der Waals surface area contributed by atoms with E-state index < -0.39 is 16.3 Å². The molecule has 1 aliphatic carbocycles. The van der Waals surface area contributed by atoms with E-state index in [0.29, 0.717) is 17.8 Å². The van der Waals surface area contributed by atoms with Crippen molar-refractivity contribution in [1.82, 2.24) is 9.38 Å². The molecule has 2 aromatic rings. The summed E-state index contributed by atoms with van der Waals surface area (Å²) in [5.74, 6) is -0.861. The van der Waals surface area contributed by atoms with Crippen LogP contribution in [-0.4, -0.2) is 31.9 Å². The van der Waals surface area contributed by atoms with Crippen molar-refractivity contribution in [2.24, 2.45) is 5.41 Å². The zero-order chi connectivity index (χ0) is 15.0. The first-order chi connectivity index (χ1) is 10.0. The minimum absolute atomic E-state index is 0.138. The smallest absolute Gasteiger partial charge is 0.372 e. The topological polar surface area (TPSA) is 110 Å². The van der Waals surface area contributed by atoms with Gasteiger partial charge in [-0.2, -0.15) is 9.38 Å². The Morgan fingerprint density at radius 3 is 2.90 bits per heavy atom. The monoisotopic (exact) mass is 310 g/mol. The Hall–Kier alpha value is -2.16. The van der Waals surface area contributed by atoms with Gasteiger partial charge in [0.15, 0.2) is 0 Å². The normalized spacial score (nSPS) is 17.1. The van der Waals surface area contributed by atoms with Gasteiger partial charge in [0, 0.05) is 11.9 Å². The lowest BCUT2D eigenvalue weighted by molar-refractivity contribution is -0.389. The molecule has 0 spiro atoms. The highest BCUT2D eigenvalue weighted by Crippen LogP contribution is 2.39. The summed E-state index contributed by atoms with van der Waals surface area (Å²) >= 11 is 1.29. The van der Waals surface area contributed by atoms with Gasteiger partial charge < -0.3 is 20.5 Å². The number of carboxylic acid groups (broad SMARTS) is 1. The fourth-order valence-electron chi connectivity index (χ4n) is 2.84. The van der Waals surface area contributed by atoms with Crippen molar-refractivity contribution in [1.29, 1.82) is 0 Å². The number of imidazole rings is 1. The second-order valence-electron chi connectivity index (χ2n) is 5.24.